The van der Waals surface area contributed by atoms with E-state index in [9.17, 15) is 0 Å². The molecule has 0 spiro atoms. The van der Waals surface area contributed by atoms with E-state index < -0.39 is 0 Å². The minimum Gasteiger partial charge on any atom is -0.497 e. The summed E-state index contributed by atoms with van der Waals surface area (Å²) in [5, 5.41) is 0. The highest BCUT2D eigenvalue weighted by Gasteiger charge is 2.41. The van der Waals surface area contributed by atoms with Gasteiger partial charge in [0.2, 0.25) is 5.96 Å². The normalized spacial score (nSPS) is 14.5. The number of anilines is 2. The van der Waals surface area contributed by atoms with Crippen LogP contribution in [0.15, 0.2) is 142 Å². The quantitative estimate of drug-likeness (QED) is 0.167. The molecular weight excluding hydrogens is 578 g/mol. The fraction of sp³-hybridized carbons (Fsp3) is 0.108. The van der Waals surface area contributed by atoms with Crippen LogP contribution in [0, 0.1) is 0 Å². The first-order valence-corrected chi connectivity index (χ1v) is 14.6. The molecule has 230 valence electrons. The lowest BCUT2D eigenvalue weighted by atomic mass is 10.2. The number of benzene rings is 5. The van der Waals surface area contributed by atoms with Gasteiger partial charge in [-0.25, -0.2) is 15.0 Å². The molecule has 0 amide bonds. The van der Waals surface area contributed by atoms with E-state index in [-0.39, 0.29) is 0 Å². The summed E-state index contributed by atoms with van der Waals surface area (Å²) in [4.78, 5) is 19.6. The number of nitrogens with zero attached hydrogens (tertiary/aromatic N) is 5. The summed E-state index contributed by atoms with van der Waals surface area (Å²) >= 11 is 0. The van der Waals surface area contributed by atoms with E-state index in [0.717, 1.165) is 40.1 Å². The molecule has 0 aliphatic carbocycles. The van der Waals surface area contributed by atoms with Crippen LogP contribution in [0.5, 0.6) is 23.0 Å². The van der Waals surface area contributed by atoms with Crippen molar-refractivity contribution in [1.29, 1.82) is 0 Å². The van der Waals surface area contributed by atoms with Gasteiger partial charge in [0, 0.05) is 0 Å². The van der Waals surface area contributed by atoms with Gasteiger partial charge in [-0.1, -0.05) is 18.2 Å². The highest BCUT2D eigenvalue weighted by atomic mass is 16.5. The Morgan fingerprint density at radius 3 is 1.04 bits per heavy atom. The molecule has 1 heterocycles. The van der Waals surface area contributed by atoms with Crippen molar-refractivity contribution in [3.05, 3.63) is 127 Å². The number of hydrogen-bond donors (Lipinski definition) is 0. The molecule has 0 bridgehead atoms. The number of rotatable bonds is 9. The first kappa shape index (κ1) is 30.0. The zero-order valence-corrected chi connectivity index (χ0v) is 26.0. The van der Waals surface area contributed by atoms with Crippen LogP contribution < -0.4 is 28.7 Å². The van der Waals surface area contributed by atoms with Gasteiger partial charge in [0.15, 0.2) is 11.7 Å². The van der Waals surface area contributed by atoms with E-state index in [1.807, 2.05) is 137 Å². The SMILES string of the molecule is COc1ccc(N=C2C(=Nc3ccc(OC)cc3)N(c3ccc(OC)cc3)C(=Nc3ccccc3)N2c2ccc(OC)cc2)cc1. The molecule has 1 fully saturated rings. The van der Waals surface area contributed by atoms with Crippen molar-refractivity contribution in [3.8, 4) is 23.0 Å². The Kier molecular flexibility index (Phi) is 8.92. The second-order valence-corrected chi connectivity index (χ2v) is 10.1. The molecule has 0 unspecified atom stereocenters. The second kappa shape index (κ2) is 13.7. The van der Waals surface area contributed by atoms with Crippen LogP contribution in [-0.2, 0) is 0 Å². The Morgan fingerprint density at radius 2 is 0.696 bits per heavy atom. The van der Waals surface area contributed by atoms with Gasteiger partial charge in [0.1, 0.15) is 23.0 Å². The molecule has 1 aliphatic heterocycles. The maximum atomic E-state index is 5.48. The third kappa shape index (κ3) is 6.39. The van der Waals surface area contributed by atoms with Gasteiger partial charge >= 0.3 is 0 Å². The lowest BCUT2D eigenvalue weighted by Crippen LogP contribution is -2.35. The highest BCUT2D eigenvalue weighted by Crippen LogP contribution is 2.35. The van der Waals surface area contributed by atoms with Gasteiger partial charge in [0.25, 0.3) is 0 Å². The van der Waals surface area contributed by atoms with Crippen LogP contribution in [-0.4, -0.2) is 46.1 Å². The highest BCUT2D eigenvalue weighted by molar-refractivity contribution is 6.64. The average Bonchev–Trinajstić information content (AvgIpc) is 3.40. The van der Waals surface area contributed by atoms with Gasteiger partial charge in [-0.3, -0.25) is 9.80 Å². The van der Waals surface area contributed by atoms with Crippen LogP contribution in [0.3, 0.4) is 0 Å². The largest absolute Gasteiger partial charge is 0.497 e. The van der Waals surface area contributed by atoms with E-state index in [2.05, 4.69) is 0 Å². The summed E-state index contributed by atoms with van der Waals surface area (Å²) < 4.78 is 21.8. The molecule has 1 aliphatic rings. The fourth-order valence-corrected chi connectivity index (χ4v) is 4.90. The lowest BCUT2D eigenvalue weighted by Gasteiger charge is -2.22. The Balaban J connectivity index is 1.65. The summed E-state index contributed by atoms with van der Waals surface area (Å²) in [7, 11) is 6.58. The predicted octanol–water partition coefficient (Wildman–Crippen LogP) is 8.20. The van der Waals surface area contributed by atoms with Crippen molar-refractivity contribution < 1.29 is 18.9 Å². The van der Waals surface area contributed by atoms with Crippen molar-refractivity contribution in [2.45, 2.75) is 0 Å². The van der Waals surface area contributed by atoms with Crippen LogP contribution in [0.4, 0.5) is 28.4 Å². The van der Waals surface area contributed by atoms with Gasteiger partial charge in [0.05, 0.1) is 56.9 Å². The Labute approximate surface area is 268 Å². The summed E-state index contributed by atoms with van der Waals surface area (Å²) in [5.41, 5.74) is 3.84. The summed E-state index contributed by atoms with van der Waals surface area (Å²) in [6.45, 7) is 0. The van der Waals surface area contributed by atoms with E-state index >= 15 is 0 Å². The van der Waals surface area contributed by atoms with Gasteiger partial charge in [-0.2, -0.15) is 0 Å². The number of methoxy groups -OCH3 is 4. The summed E-state index contributed by atoms with van der Waals surface area (Å²) in [6, 6.07) is 40.5. The smallest absolute Gasteiger partial charge is 0.223 e. The molecular formula is C37H33N5O4. The van der Waals surface area contributed by atoms with Crippen LogP contribution in [0.25, 0.3) is 0 Å². The zero-order chi connectivity index (χ0) is 31.9. The summed E-state index contributed by atoms with van der Waals surface area (Å²) in [6.07, 6.45) is 0. The number of aliphatic imine (C=N–C) groups is 3. The van der Waals surface area contributed by atoms with Crippen LogP contribution in [0.1, 0.15) is 0 Å². The lowest BCUT2D eigenvalue weighted by molar-refractivity contribution is 0.414. The minimum absolute atomic E-state index is 0.566. The zero-order valence-electron chi connectivity index (χ0n) is 26.0. The van der Waals surface area contributed by atoms with Crippen LogP contribution in [0.2, 0.25) is 0 Å². The molecule has 6 rings (SSSR count). The van der Waals surface area contributed by atoms with Crippen molar-refractivity contribution in [2.75, 3.05) is 38.2 Å². The third-order valence-corrected chi connectivity index (χ3v) is 7.28. The Morgan fingerprint density at radius 1 is 0.370 bits per heavy atom. The van der Waals surface area contributed by atoms with Gasteiger partial charge in [-0.05, 0) is 109 Å². The molecule has 9 nitrogen and oxygen atoms in total. The van der Waals surface area contributed by atoms with Crippen molar-refractivity contribution >= 4 is 46.1 Å². The molecule has 5 aromatic rings. The second-order valence-electron chi connectivity index (χ2n) is 10.1. The average molecular weight is 612 g/mol. The number of guanidine groups is 1. The maximum Gasteiger partial charge on any atom is 0.223 e. The topological polar surface area (TPSA) is 80.5 Å². The van der Waals surface area contributed by atoms with Crippen molar-refractivity contribution in [2.24, 2.45) is 15.0 Å². The van der Waals surface area contributed by atoms with Crippen molar-refractivity contribution in [3.63, 3.8) is 0 Å². The molecule has 0 radical (unpaired) electrons. The van der Waals surface area contributed by atoms with E-state index in [0.29, 0.717) is 29.0 Å². The monoisotopic (exact) mass is 611 g/mol. The molecule has 0 saturated carbocycles. The maximum absolute atomic E-state index is 5.48. The first-order valence-electron chi connectivity index (χ1n) is 14.6. The molecule has 5 aromatic carbocycles. The summed E-state index contributed by atoms with van der Waals surface area (Å²) in [5.74, 6) is 4.66. The standard InChI is InChI=1S/C37H33N5O4/c1-43-31-18-10-27(11-19-31)38-35-36(39-28-12-20-32(44-2)21-13-28)42(30-16-24-34(46-4)25-17-30)37(40-26-8-6-5-7-9-26)41(35)29-14-22-33(45-3)23-15-29/h5-25H,1-4H3. The fourth-order valence-electron chi connectivity index (χ4n) is 4.90. The molecule has 9 heteroatoms. The van der Waals surface area contributed by atoms with Crippen molar-refractivity contribution in [1.82, 2.24) is 0 Å². The Bertz CT molecular complexity index is 1740. The molecule has 0 N–H and O–H groups in total. The minimum atomic E-state index is 0.566. The number of amidine groups is 2. The molecule has 0 aromatic heterocycles. The number of para-hydroxylation sites is 1. The number of hydrogen-bond acceptors (Lipinski definition) is 7. The van der Waals surface area contributed by atoms with Gasteiger partial charge in [-0.15, -0.1) is 0 Å². The van der Waals surface area contributed by atoms with Crippen LogP contribution >= 0.6 is 0 Å². The first-order chi connectivity index (χ1) is 22.6. The third-order valence-electron chi connectivity index (χ3n) is 7.28. The molecule has 1 saturated heterocycles. The van der Waals surface area contributed by atoms with E-state index in [1.165, 1.54) is 0 Å². The number of ether oxygens (including phenoxy) is 4. The predicted molar refractivity (Wildman–Crippen MR) is 185 cm³/mol. The molecule has 0 atom stereocenters. The molecule has 46 heavy (non-hydrogen) atoms. The van der Waals surface area contributed by atoms with E-state index in [4.69, 9.17) is 33.9 Å². The Hall–Kier alpha value is -6.09. The van der Waals surface area contributed by atoms with Gasteiger partial charge < -0.3 is 18.9 Å². The van der Waals surface area contributed by atoms with E-state index in [1.54, 1.807) is 28.4 Å².